The lowest BCUT2D eigenvalue weighted by molar-refractivity contribution is 0.00578. The standard InChI is InChI=1S/C12H16BClO2.2C2H6/c1-11(2)12(3,4)16-13(15-11)9-6-5-7-10(14)8-9;2*1-2/h5-8H,1-4H3;2*1-2H3. The van der Waals surface area contributed by atoms with Gasteiger partial charge in [-0.15, -0.1) is 0 Å². The second-order valence-corrected chi connectivity index (χ2v) is 5.58. The summed E-state index contributed by atoms with van der Waals surface area (Å²) in [6.07, 6.45) is 0. The molecule has 0 amide bonds. The van der Waals surface area contributed by atoms with Gasteiger partial charge in [0.05, 0.1) is 11.2 Å². The Morgan fingerprint density at radius 3 is 1.75 bits per heavy atom. The first-order valence-corrected chi connectivity index (χ1v) is 7.81. The van der Waals surface area contributed by atoms with Crippen molar-refractivity contribution in [2.24, 2.45) is 0 Å². The molecule has 0 saturated carbocycles. The van der Waals surface area contributed by atoms with Crippen LogP contribution in [0.1, 0.15) is 55.4 Å². The monoisotopic (exact) mass is 298 g/mol. The maximum absolute atomic E-state index is 5.95. The second kappa shape index (κ2) is 8.06. The Balaban J connectivity index is 0.000000829. The van der Waals surface area contributed by atoms with Gasteiger partial charge in [0.15, 0.2) is 0 Å². The van der Waals surface area contributed by atoms with Gasteiger partial charge in [-0.1, -0.05) is 51.4 Å². The minimum atomic E-state index is -0.330. The Bertz CT molecular complexity index is 389. The van der Waals surface area contributed by atoms with Crippen LogP contribution in [0.3, 0.4) is 0 Å². The predicted molar refractivity (Wildman–Crippen MR) is 89.9 cm³/mol. The van der Waals surface area contributed by atoms with E-state index in [0.29, 0.717) is 5.02 Å². The van der Waals surface area contributed by atoms with E-state index in [1.165, 1.54) is 0 Å². The van der Waals surface area contributed by atoms with E-state index in [-0.39, 0.29) is 18.3 Å². The molecule has 1 aromatic rings. The molecule has 0 unspecified atom stereocenters. The fourth-order valence-electron chi connectivity index (χ4n) is 1.63. The molecule has 0 aromatic heterocycles. The van der Waals surface area contributed by atoms with Gasteiger partial charge in [0.1, 0.15) is 0 Å². The summed E-state index contributed by atoms with van der Waals surface area (Å²) < 4.78 is 11.8. The van der Waals surface area contributed by atoms with Crippen LogP contribution in [-0.4, -0.2) is 18.3 Å². The topological polar surface area (TPSA) is 18.5 Å². The van der Waals surface area contributed by atoms with Crippen LogP contribution in [0, 0.1) is 0 Å². The number of hydrogen-bond donors (Lipinski definition) is 0. The van der Waals surface area contributed by atoms with E-state index in [0.717, 1.165) is 5.46 Å². The van der Waals surface area contributed by atoms with Gasteiger partial charge in [-0.3, -0.25) is 0 Å². The first-order valence-electron chi connectivity index (χ1n) is 7.43. The highest BCUT2D eigenvalue weighted by atomic mass is 35.5. The highest BCUT2D eigenvalue weighted by Gasteiger charge is 2.51. The molecular formula is C16H28BClO2. The smallest absolute Gasteiger partial charge is 0.399 e. The molecule has 4 heteroatoms. The maximum atomic E-state index is 5.95. The summed E-state index contributed by atoms with van der Waals surface area (Å²) in [6.45, 7) is 16.2. The molecule has 0 bridgehead atoms. The molecule has 114 valence electrons. The fraction of sp³-hybridized carbons (Fsp3) is 0.625. The zero-order valence-corrected chi connectivity index (χ0v) is 14.8. The van der Waals surface area contributed by atoms with E-state index in [2.05, 4.69) is 0 Å². The largest absolute Gasteiger partial charge is 0.494 e. The first-order chi connectivity index (χ1) is 9.32. The molecule has 2 rings (SSSR count). The Morgan fingerprint density at radius 2 is 1.35 bits per heavy atom. The van der Waals surface area contributed by atoms with Gasteiger partial charge in [-0.05, 0) is 45.3 Å². The van der Waals surface area contributed by atoms with Crippen LogP contribution in [0.4, 0.5) is 0 Å². The van der Waals surface area contributed by atoms with Crippen LogP contribution in [0.5, 0.6) is 0 Å². The number of hydrogen-bond acceptors (Lipinski definition) is 2. The zero-order chi connectivity index (χ0) is 16.0. The lowest BCUT2D eigenvalue weighted by Gasteiger charge is -2.32. The van der Waals surface area contributed by atoms with E-state index in [1.807, 2.05) is 79.7 Å². The molecule has 1 aromatic carbocycles. The Hall–Kier alpha value is -0.505. The van der Waals surface area contributed by atoms with Crippen molar-refractivity contribution in [1.29, 1.82) is 0 Å². The normalized spacial score (nSPS) is 18.6. The summed E-state index contributed by atoms with van der Waals surface area (Å²) in [5.41, 5.74) is 0.353. The molecule has 0 radical (unpaired) electrons. The Morgan fingerprint density at radius 1 is 0.900 bits per heavy atom. The highest BCUT2D eigenvalue weighted by molar-refractivity contribution is 6.62. The summed E-state index contributed by atoms with van der Waals surface area (Å²) in [7, 11) is -0.330. The Labute approximate surface area is 130 Å². The minimum absolute atomic E-state index is 0.306. The van der Waals surface area contributed by atoms with Crippen molar-refractivity contribution in [2.45, 2.75) is 66.6 Å². The third kappa shape index (κ3) is 4.51. The van der Waals surface area contributed by atoms with E-state index in [9.17, 15) is 0 Å². The van der Waals surface area contributed by atoms with Crippen molar-refractivity contribution >= 4 is 24.2 Å². The SMILES string of the molecule is CC.CC.CC1(C)OB(c2cccc(Cl)c2)OC1(C)C. The quantitative estimate of drug-likeness (QED) is 0.700. The van der Waals surface area contributed by atoms with E-state index in [4.69, 9.17) is 20.9 Å². The summed E-state index contributed by atoms with van der Waals surface area (Å²) in [6, 6.07) is 7.59. The van der Waals surface area contributed by atoms with Gasteiger partial charge in [0.25, 0.3) is 0 Å². The van der Waals surface area contributed by atoms with Crippen molar-refractivity contribution in [1.82, 2.24) is 0 Å². The minimum Gasteiger partial charge on any atom is -0.399 e. The molecule has 0 N–H and O–H groups in total. The third-order valence-corrected chi connectivity index (χ3v) is 3.61. The molecule has 0 spiro atoms. The molecule has 1 aliphatic heterocycles. The molecule has 20 heavy (non-hydrogen) atoms. The number of benzene rings is 1. The van der Waals surface area contributed by atoms with Gasteiger partial charge >= 0.3 is 7.12 Å². The molecular weight excluding hydrogens is 270 g/mol. The summed E-state index contributed by atoms with van der Waals surface area (Å²) in [5.74, 6) is 0. The van der Waals surface area contributed by atoms with E-state index < -0.39 is 0 Å². The van der Waals surface area contributed by atoms with Gasteiger partial charge in [0.2, 0.25) is 0 Å². The number of halogens is 1. The summed E-state index contributed by atoms with van der Waals surface area (Å²) in [5, 5.41) is 0.701. The van der Waals surface area contributed by atoms with Crippen molar-refractivity contribution < 1.29 is 9.31 Å². The van der Waals surface area contributed by atoms with Crippen molar-refractivity contribution in [3.63, 3.8) is 0 Å². The fourth-order valence-corrected chi connectivity index (χ4v) is 1.83. The summed E-state index contributed by atoms with van der Waals surface area (Å²) in [4.78, 5) is 0. The summed E-state index contributed by atoms with van der Waals surface area (Å²) >= 11 is 5.95. The lowest BCUT2D eigenvalue weighted by atomic mass is 9.79. The molecule has 1 heterocycles. The van der Waals surface area contributed by atoms with E-state index in [1.54, 1.807) is 0 Å². The van der Waals surface area contributed by atoms with E-state index >= 15 is 0 Å². The van der Waals surface area contributed by atoms with Crippen LogP contribution in [0.25, 0.3) is 0 Å². The zero-order valence-electron chi connectivity index (χ0n) is 14.1. The average molecular weight is 299 g/mol. The average Bonchev–Trinajstić information content (AvgIpc) is 2.63. The lowest BCUT2D eigenvalue weighted by Crippen LogP contribution is -2.41. The van der Waals surface area contributed by atoms with Crippen LogP contribution in [-0.2, 0) is 9.31 Å². The molecule has 2 nitrogen and oxygen atoms in total. The van der Waals surface area contributed by atoms with Crippen molar-refractivity contribution in [3.8, 4) is 0 Å². The molecule has 0 atom stereocenters. The van der Waals surface area contributed by atoms with Crippen molar-refractivity contribution in [2.75, 3.05) is 0 Å². The van der Waals surface area contributed by atoms with Gasteiger partial charge in [-0.25, -0.2) is 0 Å². The molecule has 0 aliphatic carbocycles. The predicted octanol–water partition coefficient (Wildman–Crippen LogP) is 4.69. The van der Waals surface area contributed by atoms with Gasteiger partial charge in [-0.2, -0.15) is 0 Å². The highest BCUT2D eigenvalue weighted by Crippen LogP contribution is 2.36. The molecule has 1 aliphatic rings. The molecule has 1 saturated heterocycles. The first kappa shape index (κ1) is 19.5. The second-order valence-electron chi connectivity index (χ2n) is 5.14. The van der Waals surface area contributed by atoms with Gasteiger partial charge in [0, 0.05) is 5.02 Å². The van der Waals surface area contributed by atoms with Crippen LogP contribution in [0.15, 0.2) is 24.3 Å². The Kier molecular flexibility index (Phi) is 7.86. The van der Waals surface area contributed by atoms with Crippen LogP contribution in [0.2, 0.25) is 5.02 Å². The van der Waals surface area contributed by atoms with Crippen LogP contribution >= 0.6 is 11.6 Å². The van der Waals surface area contributed by atoms with Crippen LogP contribution < -0.4 is 5.46 Å². The number of rotatable bonds is 1. The third-order valence-electron chi connectivity index (χ3n) is 3.37. The van der Waals surface area contributed by atoms with Gasteiger partial charge < -0.3 is 9.31 Å². The van der Waals surface area contributed by atoms with Crippen molar-refractivity contribution in [3.05, 3.63) is 29.3 Å². The molecule has 1 fully saturated rings. The maximum Gasteiger partial charge on any atom is 0.494 e.